The van der Waals surface area contributed by atoms with Gasteiger partial charge in [-0.25, -0.2) is 0 Å². The fraction of sp³-hybridized carbons (Fsp3) is 0.556. The van der Waals surface area contributed by atoms with E-state index in [9.17, 15) is 4.79 Å². The van der Waals surface area contributed by atoms with E-state index in [4.69, 9.17) is 16.7 Å². The molecule has 1 aromatic heterocycles. The SMILES string of the molecule is Cc1nn(C[C@H](C)C(=O)O)c(C)c1Cl. The summed E-state index contributed by atoms with van der Waals surface area (Å²) in [5.74, 6) is -1.28. The average Bonchev–Trinajstić information content (AvgIpc) is 2.33. The third-order valence-corrected chi connectivity index (χ3v) is 2.71. The molecular weight excluding hydrogens is 204 g/mol. The lowest BCUT2D eigenvalue weighted by atomic mass is 10.2. The van der Waals surface area contributed by atoms with Crippen LogP contribution in [-0.4, -0.2) is 20.9 Å². The minimum absolute atomic E-state index is 0.356. The van der Waals surface area contributed by atoms with Gasteiger partial charge in [-0.3, -0.25) is 9.48 Å². The predicted molar refractivity (Wildman–Crippen MR) is 53.5 cm³/mol. The van der Waals surface area contributed by atoms with Crippen LogP contribution in [0.25, 0.3) is 0 Å². The maximum absolute atomic E-state index is 10.6. The molecule has 0 amide bonds. The van der Waals surface area contributed by atoms with E-state index in [2.05, 4.69) is 5.10 Å². The lowest BCUT2D eigenvalue weighted by molar-refractivity contribution is -0.141. The lowest BCUT2D eigenvalue weighted by Gasteiger charge is -2.07. The van der Waals surface area contributed by atoms with Gasteiger partial charge in [-0.2, -0.15) is 5.10 Å². The molecule has 14 heavy (non-hydrogen) atoms. The zero-order valence-electron chi connectivity index (χ0n) is 8.41. The van der Waals surface area contributed by atoms with Crippen LogP contribution in [0, 0.1) is 19.8 Å². The van der Waals surface area contributed by atoms with E-state index >= 15 is 0 Å². The average molecular weight is 217 g/mol. The lowest BCUT2D eigenvalue weighted by Crippen LogP contribution is -2.18. The molecule has 1 aromatic rings. The standard InChI is InChI=1S/C9H13ClN2O2/c1-5(9(13)14)4-12-7(3)8(10)6(2)11-12/h5H,4H2,1-3H3,(H,13,14)/t5-/m0/s1. The summed E-state index contributed by atoms with van der Waals surface area (Å²) in [5, 5.41) is 13.5. The molecule has 0 fully saturated rings. The number of carbonyl (C=O) groups is 1. The summed E-state index contributed by atoms with van der Waals surface area (Å²) < 4.78 is 1.64. The van der Waals surface area contributed by atoms with Gasteiger partial charge in [0.2, 0.25) is 0 Å². The Labute approximate surface area is 87.5 Å². The number of aromatic nitrogens is 2. The number of carboxylic acids is 1. The van der Waals surface area contributed by atoms with Crippen molar-refractivity contribution in [3.05, 3.63) is 16.4 Å². The zero-order valence-corrected chi connectivity index (χ0v) is 9.17. The number of hydrogen-bond acceptors (Lipinski definition) is 2. The van der Waals surface area contributed by atoms with Crippen LogP contribution >= 0.6 is 11.6 Å². The minimum atomic E-state index is -0.825. The maximum atomic E-state index is 10.6. The molecule has 0 spiro atoms. The maximum Gasteiger partial charge on any atom is 0.308 e. The van der Waals surface area contributed by atoms with Gasteiger partial charge in [-0.15, -0.1) is 0 Å². The van der Waals surface area contributed by atoms with Crippen molar-refractivity contribution >= 4 is 17.6 Å². The highest BCUT2D eigenvalue weighted by Crippen LogP contribution is 2.19. The summed E-state index contributed by atoms with van der Waals surface area (Å²) in [7, 11) is 0. The topological polar surface area (TPSA) is 55.1 Å². The van der Waals surface area contributed by atoms with Crippen molar-refractivity contribution in [2.24, 2.45) is 5.92 Å². The summed E-state index contributed by atoms with van der Waals surface area (Å²) in [6, 6.07) is 0. The van der Waals surface area contributed by atoms with Crippen LogP contribution in [0.4, 0.5) is 0 Å². The zero-order chi connectivity index (χ0) is 10.9. The summed E-state index contributed by atoms with van der Waals surface area (Å²) in [6.45, 7) is 5.63. The molecule has 0 aliphatic carbocycles. The van der Waals surface area contributed by atoms with Crippen molar-refractivity contribution in [2.45, 2.75) is 27.3 Å². The van der Waals surface area contributed by atoms with E-state index in [1.807, 2.05) is 6.92 Å². The second-order valence-corrected chi connectivity index (χ2v) is 3.78. The number of aliphatic carboxylic acids is 1. The van der Waals surface area contributed by atoms with Gasteiger partial charge in [0.05, 0.1) is 28.9 Å². The van der Waals surface area contributed by atoms with E-state index in [1.54, 1.807) is 18.5 Å². The monoisotopic (exact) mass is 216 g/mol. The van der Waals surface area contributed by atoms with Gasteiger partial charge in [0, 0.05) is 0 Å². The van der Waals surface area contributed by atoms with Crippen LogP contribution in [0.2, 0.25) is 5.02 Å². The molecule has 1 rings (SSSR count). The Kier molecular flexibility index (Phi) is 3.16. The quantitative estimate of drug-likeness (QED) is 0.839. The first-order valence-corrected chi connectivity index (χ1v) is 4.73. The van der Waals surface area contributed by atoms with E-state index in [0.717, 1.165) is 11.4 Å². The van der Waals surface area contributed by atoms with Crippen LogP contribution in [0.5, 0.6) is 0 Å². The van der Waals surface area contributed by atoms with Crippen molar-refractivity contribution < 1.29 is 9.90 Å². The number of hydrogen-bond donors (Lipinski definition) is 1. The molecule has 4 nitrogen and oxygen atoms in total. The van der Waals surface area contributed by atoms with Gasteiger partial charge in [0.15, 0.2) is 0 Å². The first-order valence-electron chi connectivity index (χ1n) is 4.35. The van der Waals surface area contributed by atoms with Crippen LogP contribution in [-0.2, 0) is 11.3 Å². The fourth-order valence-corrected chi connectivity index (χ4v) is 1.33. The number of halogens is 1. The molecule has 0 aliphatic heterocycles. The van der Waals surface area contributed by atoms with Crippen molar-refractivity contribution in [1.82, 2.24) is 9.78 Å². The molecule has 1 atom stereocenters. The Morgan fingerprint density at radius 1 is 1.64 bits per heavy atom. The Bertz CT molecular complexity index is 360. The highest BCUT2D eigenvalue weighted by molar-refractivity contribution is 6.31. The molecule has 78 valence electrons. The normalized spacial score (nSPS) is 12.9. The summed E-state index contributed by atoms with van der Waals surface area (Å²) in [5.41, 5.74) is 1.55. The third-order valence-electron chi connectivity index (χ3n) is 2.16. The van der Waals surface area contributed by atoms with E-state index < -0.39 is 11.9 Å². The molecule has 0 saturated heterocycles. The number of rotatable bonds is 3. The van der Waals surface area contributed by atoms with Gasteiger partial charge in [-0.1, -0.05) is 18.5 Å². The highest BCUT2D eigenvalue weighted by atomic mass is 35.5. The molecule has 0 saturated carbocycles. The summed E-state index contributed by atoms with van der Waals surface area (Å²) in [6.07, 6.45) is 0. The van der Waals surface area contributed by atoms with Crippen molar-refractivity contribution in [2.75, 3.05) is 0 Å². The van der Waals surface area contributed by atoms with E-state index in [0.29, 0.717) is 11.6 Å². The van der Waals surface area contributed by atoms with Gasteiger partial charge in [0.1, 0.15) is 0 Å². The number of aryl methyl sites for hydroxylation is 1. The van der Waals surface area contributed by atoms with Gasteiger partial charge < -0.3 is 5.11 Å². The van der Waals surface area contributed by atoms with Gasteiger partial charge in [-0.05, 0) is 13.8 Å². The molecule has 0 aliphatic rings. The Morgan fingerprint density at radius 3 is 2.57 bits per heavy atom. The van der Waals surface area contributed by atoms with Crippen molar-refractivity contribution in [3.63, 3.8) is 0 Å². The second-order valence-electron chi connectivity index (χ2n) is 3.41. The highest BCUT2D eigenvalue weighted by Gasteiger charge is 2.15. The smallest absolute Gasteiger partial charge is 0.308 e. The van der Waals surface area contributed by atoms with Gasteiger partial charge >= 0.3 is 5.97 Å². The second kappa shape index (κ2) is 4.00. The van der Waals surface area contributed by atoms with Crippen molar-refractivity contribution in [1.29, 1.82) is 0 Å². The summed E-state index contributed by atoms with van der Waals surface area (Å²) >= 11 is 5.93. The largest absolute Gasteiger partial charge is 0.481 e. The van der Waals surface area contributed by atoms with Crippen molar-refractivity contribution in [3.8, 4) is 0 Å². The fourth-order valence-electron chi connectivity index (χ4n) is 1.19. The first kappa shape index (κ1) is 11.0. The molecule has 0 radical (unpaired) electrons. The molecule has 0 unspecified atom stereocenters. The Hall–Kier alpha value is -1.03. The predicted octanol–water partition coefficient (Wildman–Crippen LogP) is 1.87. The van der Waals surface area contributed by atoms with E-state index in [-0.39, 0.29) is 0 Å². The van der Waals surface area contributed by atoms with E-state index in [1.165, 1.54) is 0 Å². The van der Waals surface area contributed by atoms with Gasteiger partial charge in [0.25, 0.3) is 0 Å². The molecule has 0 aromatic carbocycles. The number of carboxylic acid groups (broad SMARTS) is 1. The number of nitrogens with zero attached hydrogens (tertiary/aromatic N) is 2. The van der Waals surface area contributed by atoms with Crippen LogP contribution in [0.1, 0.15) is 18.3 Å². The Balaban J connectivity index is 2.87. The molecule has 0 bridgehead atoms. The summed E-state index contributed by atoms with van der Waals surface area (Å²) in [4.78, 5) is 10.6. The first-order chi connectivity index (χ1) is 6.43. The molecule has 1 heterocycles. The molecular formula is C9H13ClN2O2. The third kappa shape index (κ3) is 2.07. The van der Waals surface area contributed by atoms with Crippen LogP contribution in [0.3, 0.4) is 0 Å². The Morgan fingerprint density at radius 2 is 2.21 bits per heavy atom. The molecule has 5 heteroatoms. The molecule has 1 N–H and O–H groups in total. The van der Waals surface area contributed by atoms with Crippen LogP contribution < -0.4 is 0 Å². The van der Waals surface area contributed by atoms with Crippen LogP contribution in [0.15, 0.2) is 0 Å². The minimum Gasteiger partial charge on any atom is -0.481 e.